The summed E-state index contributed by atoms with van der Waals surface area (Å²) in [7, 11) is 2.02. The van der Waals surface area contributed by atoms with E-state index < -0.39 is 0 Å². The van der Waals surface area contributed by atoms with E-state index >= 15 is 0 Å². The third-order valence-corrected chi connectivity index (χ3v) is 4.02. The summed E-state index contributed by atoms with van der Waals surface area (Å²) in [6.07, 6.45) is 0.306. The number of hydrogen-bond acceptors (Lipinski definition) is 3. The van der Waals surface area contributed by atoms with Gasteiger partial charge in [0.25, 0.3) is 0 Å². The van der Waals surface area contributed by atoms with Crippen molar-refractivity contribution >= 4 is 23.0 Å². The zero-order valence-corrected chi connectivity index (χ0v) is 14.8. The first-order valence-electron chi connectivity index (χ1n) is 8.59. The molecular formula is C22H22N2O2. The first-order valence-corrected chi connectivity index (χ1v) is 8.59. The van der Waals surface area contributed by atoms with Gasteiger partial charge in [-0.25, -0.2) is 0 Å². The summed E-state index contributed by atoms with van der Waals surface area (Å²) in [5.41, 5.74) is 2.95. The number of anilines is 3. The minimum absolute atomic E-state index is 0.0647. The fraction of sp³-hybridized carbons (Fsp3) is 0.136. The van der Waals surface area contributed by atoms with Crippen LogP contribution in [0.25, 0.3) is 0 Å². The first kappa shape index (κ1) is 17.5. The Kier molecular flexibility index (Phi) is 5.88. The standard InChI is InChI=1S/C22H22N2O2/c1-24(19-8-4-2-5-9-19)20-14-12-18(13-15-20)23-22(25)16-17-26-21-10-6-3-7-11-21/h2-15H,16-17H2,1H3,(H,23,25). The summed E-state index contributed by atoms with van der Waals surface area (Å²) in [4.78, 5) is 14.1. The van der Waals surface area contributed by atoms with Crippen LogP contribution in [0.5, 0.6) is 5.75 Å². The van der Waals surface area contributed by atoms with Gasteiger partial charge in [-0.15, -0.1) is 0 Å². The van der Waals surface area contributed by atoms with Gasteiger partial charge >= 0.3 is 0 Å². The van der Waals surface area contributed by atoms with E-state index in [1.54, 1.807) is 0 Å². The van der Waals surface area contributed by atoms with Crippen LogP contribution < -0.4 is 15.0 Å². The normalized spacial score (nSPS) is 10.2. The van der Waals surface area contributed by atoms with Gasteiger partial charge in [0.05, 0.1) is 13.0 Å². The Labute approximate surface area is 154 Å². The number of nitrogens with one attached hydrogen (secondary N) is 1. The highest BCUT2D eigenvalue weighted by atomic mass is 16.5. The average Bonchev–Trinajstić information content (AvgIpc) is 2.69. The second kappa shape index (κ2) is 8.72. The Morgan fingerprint density at radius 1 is 0.846 bits per heavy atom. The Bertz CT molecular complexity index is 818. The number of carbonyl (C=O) groups is 1. The minimum Gasteiger partial charge on any atom is -0.493 e. The number of benzene rings is 3. The fourth-order valence-corrected chi connectivity index (χ4v) is 2.57. The Morgan fingerprint density at radius 2 is 1.42 bits per heavy atom. The van der Waals surface area contributed by atoms with Gasteiger partial charge in [-0.05, 0) is 48.5 Å². The lowest BCUT2D eigenvalue weighted by molar-refractivity contribution is -0.116. The Morgan fingerprint density at radius 3 is 2.08 bits per heavy atom. The molecule has 3 rings (SSSR count). The molecule has 0 aliphatic carbocycles. The SMILES string of the molecule is CN(c1ccccc1)c1ccc(NC(=O)CCOc2ccccc2)cc1. The highest BCUT2D eigenvalue weighted by molar-refractivity contribution is 5.91. The average molecular weight is 346 g/mol. The summed E-state index contributed by atoms with van der Waals surface area (Å²) < 4.78 is 5.55. The van der Waals surface area contributed by atoms with Crippen molar-refractivity contribution in [3.8, 4) is 5.75 Å². The van der Waals surface area contributed by atoms with Crippen molar-refractivity contribution < 1.29 is 9.53 Å². The zero-order chi connectivity index (χ0) is 18.2. The molecule has 0 unspecified atom stereocenters. The highest BCUT2D eigenvalue weighted by Crippen LogP contribution is 2.24. The molecule has 0 atom stereocenters. The van der Waals surface area contributed by atoms with E-state index in [2.05, 4.69) is 22.3 Å². The lowest BCUT2D eigenvalue weighted by Gasteiger charge is -2.19. The van der Waals surface area contributed by atoms with E-state index in [4.69, 9.17) is 4.74 Å². The van der Waals surface area contributed by atoms with Gasteiger partial charge in [-0.3, -0.25) is 4.79 Å². The van der Waals surface area contributed by atoms with Crippen molar-refractivity contribution in [3.05, 3.63) is 84.9 Å². The van der Waals surface area contributed by atoms with Gasteiger partial charge in [0.1, 0.15) is 5.75 Å². The molecule has 0 heterocycles. The van der Waals surface area contributed by atoms with Crippen molar-refractivity contribution in [2.75, 3.05) is 23.9 Å². The number of ether oxygens (including phenoxy) is 1. The topological polar surface area (TPSA) is 41.6 Å². The van der Waals surface area contributed by atoms with E-state index in [-0.39, 0.29) is 5.91 Å². The van der Waals surface area contributed by atoms with Crippen LogP contribution in [0, 0.1) is 0 Å². The molecule has 4 heteroatoms. The molecule has 0 fully saturated rings. The third kappa shape index (κ3) is 4.86. The van der Waals surface area contributed by atoms with Crippen molar-refractivity contribution in [1.29, 1.82) is 0 Å². The van der Waals surface area contributed by atoms with Crippen LogP contribution in [0.3, 0.4) is 0 Å². The molecule has 3 aromatic rings. The van der Waals surface area contributed by atoms with E-state index in [9.17, 15) is 4.79 Å². The van der Waals surface area contributed by atoms with E-state index in [0.717, 1.165) is 22.8 Å². The summed E-state index contributed by atoms with van der Waals surface area (Å²) in [5.74, 6) is 0.707. The van der Waals surface area contributed by atoms with Crippen LogP contribution in [-0.2, 0) is 4.79 Å². The van der Waals surface area contributed by atoms with Gasteiger partial charge < -0.3 is 15.0 Å². The molecule has 0 bridgehead atoms. The van der Waals surface area contributed by atoms with Crippen molar-refractivity contribution in [1.82, 2.24) is 0 Å². The number of carbonyl (C=O) groups excluding carboxylic acids is 1. The molecule has 1 amide bonds. The van der Waals surface area contributed by atoms with Crippen molar-refractivity contribution in [2.24, 2.45) is 0 Å². The molecule has 4 nitrogen and oxygen atoms in total. The largest absolute Gasteiger partial charge is 0.493 e. The molecule has 0 radical (unpaired) electrons. The number of rotatable bonds is 7. The molecule has 0 saturated carbocycles. The lowest BCUT2D eigenvalue weighted by Crippen LogP contribution is -2.15. The van der Waals surface area contributed by atoms with Crippen LogP contribution in [0.2, 0.25) is 0 Å². The van der Waals surface area contributed by atoms with E-state index in [1.807, 2.05) is 79.8 Å². The summed E-state index contributed by atoms with van der Waals surface area (Å²) in [6, 6.07) is 27.4. The maximum Gasteiger partial charge on any atom is 0.227 e. The van der Waals surface area contributed by atoms with Crippen molar-refractivity contribution in [2.45, 2.75) is 6.42 Å². The van der Waals surface area contributed by atoms with Crippen LogP contribution in [0.4, 0.5) is 17.1 Å². The molecule has 3 aromatic carbocycles. The second-order valence-corrected chi connectivity index (χ2v) is 5.90. The minimum atomic E-state index is -0.0647. The second-order valence-electron chi connectivity index (χ2n) is 5.90. The number of para-hydroxylation sites is 2. The Hall–Kier alpha value is -3.27. The summed E-state index contributed by atoms with van der Waals surface area (Å²) >= 11 is 0. The Balaban J connectivity index is 1.50. The van der Waals surface area contributed by atoms with Gasteiger partial charge in [0.15, 0.2) is 0 Å². The predicted octanol–water partition coefficient (Wildman–Crippen LogP) is 4.86. The van der Waals surface area contributed by atoms with Crippen LogP contribution in [0.1, 0.15) is 6.42 Å². The molecule has 0 saturated heterocycles. The van der Waals surface area contributed by atoms with E-state index in [1.165, 1.54) is 0 Å². The molecule has 0 aromatic heterocycles. The van der Waals surface area contributed by atoms with Crippen molar-refractivity contribution in [3.63, 3.8) is 0 Å². The lowest BCUT2D eigenvalue weighted by atomic mass is 10.2. The molecule has 132 valence electrons. The number of nitrogens with zero attached hydrogens (tertiary/aromatic N) is 1. The number of amides is 1. The summed E-state index contributed by atoms with van der Waals surface area (Å²) in [6.45, 7) is 0.352. The fourth-order valence-electron chi connectivity index (χ4n) is 2.57. The van der Waals surface area contributed by atoms with Gasteiger partial charge in [0.2, 0.25) is 5.91 Å². The quantitative estimate of drug-likeness (QED) is 0.664. The molecule has 0 spiro atoms. The molecule has 0 aliphatic rings. The van der Waals surface area contributed by atoms with E-state index in [0.29, 0.717) is 13.0 Å². The maximum absolute atomic E-state index is 12.0. The number of hydrogen-bond donors (Lipinski definition) is 1. The van der Waals surface area contributed by atoms with Gasteiger partial charge in [-0.2, -0.15) is 0 Å². The molecular weight excluding hydrogens is 324 g/mol. The third-order valence-electron chi connectivity index (χ3n) is 4.02. The van der Waals surface area contributed by atoms with Gasteiger partial charge in [0, 0.05) is 24.1 Å². The van der Waals surface area contributed by atoms with Gasteiger partial charge in [-0.1, -0.05) is 36.4 Å². The summed E-state index contributed by atoms with van der Waals surface area (Å²) in [5, 5.41) is 2.90. The zero-order valence-electron chi connectivity index (χ0n) is 14.8. The van der Waals surface area contributed by atoms with Crippen LogP contribution >= 0.6 is 0 Å². The molecule has 0 aliphatic heterocycles. The monoisotopic (exact) mass is 346 g/mol. The smallest absolute Gasteiger partial charge is 0.227 e. The maximum atomic E-state index is 12.0. The van der Waals surface area contributed by atoms with Crippen LogP contribution in [0.15, 0.2) is 84.9 Å². The first-order chi connectivity index (χ1) is 12.7. The predicted molar refractivity (Wildman–Crippen MR) is 106 cm³/mol. The highest BCUT2D eigenvalue weighted by Gasteiger charge is 2.06. The van der Waals surface area contributed by atoms with Crippen LogP contribution in [-0.4, -0.2) is 19.6 Å². The molecule has 26 heavy (non-hydrogen) atoms. The molecule has 1 N–H and O–H groups in total.